The van der Waals surface area contributed by atoms with Crippen molar-refractivity contribution in [2.75, 3.05) is 47.9 Å². The molecule has 10 nitrogen and oxygen atoms in total. The molecule has 10 heteroatoms. The Morgan fingerprint density at radius 2 is 1.83 bits per heavy atom. The minimum absolute atomic E-state index is 0.0432. The number of nitrogens with one attached hydrogen (secondary N) is 1. The largest absolute Gasteiger partial charge is 0.493 e. The summed E-state index contributed by atoms with van der Waals surface area (Å²) < 4.78 is 12.7. The van der Waals surface area contributed by atoms with Crippen molar-refractivity contribution in [3.05, 3.63) is 35.4 Å². The quantitative estimate of drug-likeness (QED) is 0.545. The average Bonchev–Trinajstić information content (AvgIpc) is 3.08. The van der Waals surface area contributed by atoms with E-state index < -0.39 is 0 Å². The zero-order valence-electron chi connectivity index (χ0n) is 21.7. The van der Waals surface area contributed by atoms with Gasteiger partial charge in [0.25, 0.3) is 0 Å². The average molecular weight is 487 g/mol. The van der Waals surface area contributed by atoms with E-state index in [1.807, 2.05) is 42.1 Å². The lowest BCUT2D eigenvalue weighted by molar-refractivity contribution is -0.130. The monoisotopic (exact) mass is 486 g/mol. The number of fused-ring (bicyclic) bond motifs is 1. The molecule has 0 fully saturated rings. The van der Waals surface area contributed by atoms with Gasteiger partial charge in [0, 0.05) is 26.1 Å². The number of amides is 2. The van der Waals surface area contributed by atoms with Gasteiger partial charge in [-0.25, -0.2) is 0 Å². The number of rotatable bonds is 10. The molecule has 35 heavy (non-hydrogen) atoms. The van der Waals surface area contributed by atoms with E-state index >= 15 is 0 Å². The molecule has 1 atom stereocenters. The number of carbonyl (C=O) groups is 2. The third-order valence-electron chi connectivity index (χ3n) is 6.02. The van der Waals surface area contributed by atoms with Crippen molar-refractivity contribution in [1.29, 1.82) is 0 Å². The van der Waals surface area contributed by atoms with Crippen LogP contribution >= 0.6 is 0 Å². The number of likely N-dealkylation sites (N-methyl/N-ethyl adjacent to an activating group) is 1. The van der Waals surface area contributed by atoms with Crippen LogP contribution in [0.4, 0.5) is 0 Å². The number of carbonyl (C=O) groups excluding carboxylic acids is 2. The minimum atomic E-state index is -0.224. The van der Waals surface area contributed by atoms with Gasteiger partial charge in [-0.15, -0.1) is 10.2 Å². The number of hydrogen-bond acceptors (Lipinski definition) is 7. The van der Waals surface area contributed by atoms with Crippen molar-refractivity contribution < 1.29 is 19.1 Å². The molecule has 0 unspecified atom stereocenters. The van der Waals surface area contributed by atoms with E-state index in [1.165, 1.54) is 0 Å². The van der Waals surface area contributed by atoms with Crippen LogP contribution in [0.2, 0.25) is 0 Å². The Balaban J connectivity index is 1.70. The standard InChI is InChI=1S/C25H38N6O4/c1-17(2)13-19(26-23(32)16-29(3)4)25-28-27-22-9-10-30(11-12-31(22)25)24(33)15-18-7-8-20(34-5)21(14-18)35-6/h7-8,14,17,19H,9-13,15-16H2,1-6H3,(H,26,32)/t19-/m0/s1. The zero-order chi connectivity index (χ0) is 25.5. The molecule has 0 bridgehead atoms. The molecule has 1 aliphatic rings. The maximum atomic E-state index is 13.1. The van der Waals surface area contributed by atoms with Crippen LogP contribution in [-0.4, -0.2) is 84.3 Å². The number of nitrogens with zero attached hydrogens (tertiary/aromatic N) is 5. The minimum Gasteiger partial charge on any atom is -0.493 e. The van der Waals surface area contributed by atoms with Gasteiger partial charge in [0.05, 0.1) is 33.2 Å². The molecule has 0 saturated heterocycles. The molecule has 0 saturated carbocycles. The van der Waals surface area contributed by atoms with Gasteiger partial charge >= 0.3 is 0 Å². The van der Waals surface area contributed by atoms with Crippen molar-refractivity contribution in [3.63, 3.8) is 0 Å². The maximum absolute atomic E-state index is 13.1. The molecule has 0 spiro atoms. The zero-order valence-corrected chi connectivity index (χ0v) is 21.7. The van der Waals surface area contributed by atoms with Crippen molar-refractivity contribution in [2.24, 2.45) is 5.92 Å². The summed E-state index contributed by atoms with van der Waals surface area (Å²) in [7, 11) is 6.91. The lowest BCUT2D eigenvalue weighted by atomic mass is 10.0. The van der Waals surface area contributed by atoms with E-state index in [9.17, 15) is 9.59 Å². The van der Waals surface area contributed by atoms with Crippen LogP contribution in [0.15, 0.2) is 18.2 Å². The van der Waals surface area contributed by atoms with Gasteiger partial charge in [-0.3, -0.25) is 9.59 Å². The number of ether oxygens (including phenoxy) is 2. The van der Waals surface area contributed by atoms with E-state index in [0.29, 0.717) is 50.0 Å². The summed E-state index contributed by atoms with van der Waals surface area (Å²) in [4.78, 5) is 29.3. The van der Waals surface area contributed by atoms with Crippen molar-refractivity contribution in [3.8, 4) is 11.5 Å². The topological polar surface area (TPSA) is 102 Å². The molecule has 0 radical (unpaired) electrons. The number of aromatic nitrogens is 3. The van der Waals surface area contributed by atoms with Crippen LogP contribution in [0.1, 0.15) is 43.5 Å². The second kappa shape index (κ2) is 12.0. The summed E-state index contributed by atoms with van der Waals surface area (Å²) in [6, 6.07) is 5.32. The summed E-state index contributed by atoms with van der Waals surface area (Å²) >= 11 is 0. The highest BCUT2D eigenvalue weighted by Gasteiger charge is 2.27. The summed E-state index contributed by atoms with van der Waals surface area (Å²) in [6.45, 7) is 6.29. The summed E-state index contributed by atoms with van der Waals surface area (Å²) in [5, 5.41) is 12.0. The Kier molecular flexibility index (Phi) is 9.08. The number of hydrogen-bond donors (Lipinski definition) is 1. The molecule has 1 aromatic carbocycles. The second-order valence-electron chi connectivity index (χ2n) is 9.61. The molecule has 0 aliphatic carbocycles. The Morgan fingerprint density at radius 1 is 1.09 bits per heavy atom. The van der Waals surface area contributed by atoms with Crippen LogP contribution in [0, 0.1) is 5.92 Å². The number of benzene rings is 1. The lowest BCUT2D eigenvalue weighted by Gasteiger charge is -2.23. The molecule has 1 aromatic heterocycles. The van der Waals surface area contributed by atoms with Crippen molar-refractivity contribution >= 4 is 11.8 Å². The Hall–Kier alpha value is -3.14. The first-order valence-electron chi connectivity index (χ1n) is 12.1. The molecule has 2 aromatic rings. The van der Waals surface area contributed by atoms with E-state index in [-0.39, 0.29) is 24.3 Å². The molecule has 3 rings (SSSR count). The van der Waals surface area contributed by atoms with E-state index in [1.54, 1.807) is 14.2 Å². The van der Waals surface area contributed by atoms with Gasteiger partial charge in [0.2, 0.25) is 11.8 Å². The van der Waals surface area contributed by atoms with Crippen LogP contribution in [0.5, 0.6) is 11.5 Å². The predicted octanol–water partition coefficient (Wildman–Crippen LogP) is 1.69. The second-order valence-corrected chi connectivity index (χ2v) is 9.61. The van der Waals surface area contributed by atoms with Gasteiger partial charge in [-0.1, -0.05) is 19.9 Å². The number of methoxy groups -OCH3 is 2. The van der Waals surface area contributed by atoms with Crippen LogP contribution in [0.25, 0.3) is 0 Å². The van der Waals surface area contributed by atoms with Gasteiger partial charge in [0.15, 0.2) is 17.3 Å². The Bertz CT molecular complexity index is 1020. The highest BCUT2D eigenvalue weighted by Crippen LogP contribution is 2.28. The Morgan fingerprint density at radius 3 is 2.49 bits per heavy atom. The van der Waals surface area contributed by atoms with Gasteiger partial charge in [-0.2, -0.15) is 0 Å². The first kappa shape index (κ1) is 26.5. The normalized spacial score (nSPS) is 14.5. The lowest BCUT2D eigenvalue weighted by Crippen LogP contribution is -2.38. The van der Waals surface area contributed by atoms with Gasteiger partial charge in [0.1, 0.15) is 5.82 Å². The Labute approximate surface area is 207 Å². The fraction of sp³-hybridized carbons (Fsp3) is 0.600. The molecule has 2 amide bonds. The van der Waals surface area contributed by atoms with Crippen molar-refractivity contribution in [1.82, 2.24) is 29.9 Å². The van der Waals surface area contributed by atoms with Crippen molar-refractivity contribution in [2.45, 2.75) is 45.7 Å². The molecule has 2 heterocycles. The smallest absolute Gasteiger partial charge is 0.234 e. The SMILES string of the molecule is COc1ccc(CC(=O)N2CCc3nnc([C@H](CC(C)C)NC(=O)CN(C)C)n3CC2)cc1OC. The third-order valence-corrected chi connectivity index (χ3v) is 6.02. The predicted molar refractivity (Wildman–Crippen MR) is 132 cm³/mol. The maximum Gasteiger partial charge on any atom is 0.234 e. The van der Waals surface area contributed by atoms with E-state index in [4.69, 9.17) is 9.47 Å². The van der Waals surface area contributed by atoms with Crippen LogP contribution < -0.4 is 14.8 Å². The fourth-order valence-electron chi connectivity index (χ4n) is 4.36. The van der Waals surface area contributed by atoms with Gasteiger partial charge < -0.3 is 29.2 Å². The highest BCUT2D eigenvalue weighted by atomic mass is 16.5. The van der Waals surface area contributed by atoms with Crippen LogP contribution in [-0.2, 0) is 29.0 Å². The molecule has 192 valence electrons. The summed E-state index contributed by atoms with van der Waals surface area (Å²) in [6.07, 6.45) is 1.66. The summed E-state index contributed by atoms with van der Waals surface area (Å²) in [5.74, 6) is 3.23. The van der Waals surface area contributed by atoms with E-state index in [0.717, 1.165) is 23.6 Å². The molecular formula is C25H38N6O4. The molecular weight excluding hydrogens is 448 g/mol. The third kappa shape index (κ3) is 6.94. The highest BCUT2D eigenvalue weighted by molar-refractivity contribution is 5.79. The molecule has 1 N–H and O–H groups in total. The fourth-order valence-corrected chi connectivity index (χ4v) is 4.36. The summed E-state index contributed by atoms with van der Waals surface area (Å²) in [5.41, 5.74) is 0.873. The first-order valence-corrected chi connectivity index (χ1v) is 12.1. The first-order chi connectivity index (χ1) is 16.7. The van der Waals surface area contributed by atoms with Crippen LogP contribution in [0.3, 0.4) is 0 Å². The molecule has 1 aliphatic heterocycles. The van der Waals surface area contributed by atoms with E-state index in [2.05, 4.69) is 33.9 Å². The van der Waals surface area contributed by atoms with Gasteiger partial charge in [-0.05, 0) is 44.1 Å².